The number of aromatic nitrogens is 2. The van der Waals surface area contributed by atoms with Gasteiger partial charge in [-0.1, -0.05) is 0 Å². The molecule has 0 fully saturated rings. The summed E-state index contributed by atoms with van der Waals surface area (Å²) in [5.41, 5.74) is 14.2. The second-order valence-corrected chi connectivity index (χ2v) is 4.93. The third kappa shape index (κ3) is 4.01. The number of nitrogens with two attached hydrogens (primary N) is 1. The Morgan fingerprint density at radius 2 is 2.00 bits per heavy atom. The minimum Gasteiger partial charge on any atom is -0.399 e. The van der Waals surface area contributed by atoms with E-state index >= 15 is 0 Å². The Balaban J connectivity index is 2.64. The van der Waals surface area contributed by atoms with Gasteiger partial charge >= 0.3 is 0 Å². The Kier molecular flexibility index (Phi) is 5.85. The molecule has 0 aliphatic heterocycles. The minimum absolute atomic E-state index is 0.0179. The fourth-order valence-corrected chi connectivity index (χ4v) is 2.16. The lowest BCUT2D eigenvalue weighted by Gasteiger charge is -2.18. The first-order chi connectivity index (χ1) is 12.0. The molecule has 0 saturated carbocycles. The Hall–Kier alpha value is -3.20. The topological polar surface area (TPSA) is 145 Å². The van der Waals surface area contributed by atoms with Crippen LogP contribution in [0.15, 0.2) is 40.4 Å². The van der Waals surface area contributed by atoms with E-state index in [0.29, 0.717) is 17.1 Å². The fraction of sp³-hybridized carbons (Fsp3) is 0.267. The molecule has 2 rings (SSSR count). The number of amides is 1. The molecule has 10 heteroatoms. The van der Waals surface area contributed by atoms with Crippen LogP contribution in [-0.4, -0.2) is 36.0 Å². The zero-order chi connectivity index (χ0) is 18.4. The average molecular weight is 344 g/mol. The van der Waals surface area contributed by atoms with Crippen molar-refractivity contribution in [3.63, 3.8) is 0 Å². The van der Waals surface area contributed by atoms with Crippen molar-refractivity contribution in [1.82, 2.24) is 9.55 Å². The molecule has 25 heavy (non-hydrogen) atoms. The molecule has 2 N–H and O–H groups in total. The number of azide groups is 1. The number of hydrogen-bond donors (Lipinski definition) is 1. The molecule has 10 nitrogen and oxygen atoms in total. The van der Waals surface area contributed by atoms with Crippen LogP contribution in [0.1, 0.15) is 10.4 Å². The second kappa shape index (κ2) is 8.06. The molecule has 0 saturated heterocycles. The zero-order valence-corrected chi connectivity index (χ0v) is 13.6. The first-order valence-electron chi connectivity index (χ1n) is 7.12. The molecule has 1 heterocycles. The summed E-state index contributed by atoms with van der Waals surface area (Å²) >= 11 is 0. The van der Waals surface area contributed by atoms with Gasteiger partial charge in [-0.15, -0.1) is 0 Å². The lowest BCUT2D eigenvalue weighted by atomic mass is 10.2. The van der Waals surface area contributed by atoms with Gasteiger partial charge in [-0.2, -0.15) is 0 Å². The minimum atomic E-state index is -1.01. The van der Waals surface area contributed by atoms with Gasteiger partial charge in [-0.25, -0.2) is 4.98 Å². The SMILES string of the molecule is COC(Cn1c(-c2ccc(N)cc2)ncc(C(=O)N=[N+]=[N-])c1=O)OC. The Morgan fingerprint density at radius 3 is 2.56 bits per heavy atom. The number of methoxy groups -OCH3 is 2. The summed E-state index contributed by atoms with van der Waals surface area (Å²) in [7, 11) is 2.84. The van der Waals surface area contributed by atoms with Crippen LogP contribution in [0.4, 0.5) is 5.69 Å². The van der Waals surface area contributed by atoms with E-state index in [1.165, 1.54) is 18.8 Å². The highest BCUT2D eigenvalue weighted by Gasteiger charge is 2.19. The molecule has 0 bridgehead atoms. The van der Waals surface area contributed by atoms with Crippen molar-refractivity contribution in [2.24, 2.45) is 5.11 Å². The van der Waals surface area contributed by atoms with E-state index in [2.05, 4.69) is 15.0 Å². The molecular formula is C15H16N6O4. The highest BCUT2D eigenvalue weighted by molar-refractivity contribution is 5.94. The summed E-state index contributed by atoms with van der Waals surface area (Å²) < 4.78 is 11.5. The maximum absolute atomic E-state index is 12.7. The van der Waals surface area contributed by atoms with Gasteiger partial charge in [0.1, 0.15) is 11.4 Å². The van der Waals surface area contributed by atoms with Gasteiger partial charge in [0, 0.05) is 36.6 Å². The monoisotopic (exact) mass is 344 g/mol. The number of hydrogen-bond acceptors (Lipinski definition) is 6. The molecule has 130 valence electrons. The predicted octanol–water partition coefficient (Wildman–Crippen LogP) is 1.56. The van der Waals surface area contributed by atoms with E-state index in [1.807, 2.05) is 0 Å². The van der Waals surface area contributed by atoms with Gasteiger partial charge in [-0.3, -0.25) is 14.2 Å². The number of anilines is 1. The van der Waals surface area contributed by atoms with Crippen LogP contribution < -0.4 is 11.3 Å². The number of nitrogen functional groups attached to an aromatic ring is 1. The van der Waals surface area contributed by atoms with Gasteiger partial charge in [-0.05, 0) is 34.9 Å². The summed E-state index contributed by atoms with van der Waals surface area (Å²) in [6.45, 7) is -0.0179. The van der Waals surface area contributed by atoms with Crippen molar-refractivity contribution in [2.45, 2.75) is 12.8 Å². The molecule has 1 amide bonds. The maximum Gasteiger partial charge on any atom is 0.265 e. The van der Waals surface area contributed by atoms with Crippen LogP contribution >= 0.6 is 0 Å². The highest BCUT2D eigenvalue weighted by Crippen LogP contribution is 2.18. The second-order valence-electron chi connectivity index (χ2n) is 4.93. The maximum atomic E-state index is 12.7. The molecular weight excluding hydrogens is 328 g/mol. The van der Waals surface area contributed by atoms with E-state index in [1.54, 1.807) is 24.3 Å². The van der Waals surface area contributed by atoms with Crippen molar-refractivity contribution in [1.29, 1.82) is 0 Å². The normalized spacial score (nSPS) is 10.5. The molecule has 0 spiro atoms. The summed E-state index contributed by atoms with van der Waals surface area (Å²) in [4.78, 5) is 31.1. The van der Waals surface area contributed by atoms with Gasteiger partial charge in [0.25, 0.3) is 11.5 Å². The van der Waals surface area contributed by atoms with E-state index in [-0.39, 0.29) is 12.1 Å². The molecule has 0 aliphatic carbocycles. The Morgan fingerprint density at radius 1 is 1.36 bits per heavy atom. The molecule has 1 aromatic carbocycles. The number of carbonyl (C=O) groups is 1. The molecule has 0 unspecified atom stereocenters. The van der Waals surface area contributed by atoms with Gasteiger partial charge in [0.2, 0.25) is 0 Å². The van der Waals surface area contributed by atoms with Gasteiger partial charge in [0.05, 0.1) is 6.54 Å². The number of benzene rings is 1. The van der Waals surface area contributed by atoms with E-state index in [4.69, 9.17) is 20.7 Å². The van der Waals surface area contributed by atoms with Crippen LogP contribution in [0.2, 0.25) is 0 Å². The smallest absolute Gasteiger partial charge is 0.265 e. The fourth-order valence-electron chi connectivity index (χ4n) is 2.16. The van der Waals surface area contributed by atoms with E-state index in [9.17, 15) is 9.59 Å². The van der Waals surface area contributed by atoms with Crippen molar-refractivity contribution in [2.75, 3.05) is 20.0 Å². The van der Waals surface area contributed by atoms with E-state index in [0.717, 1.165) is 6.20 Å². The largest absolute Gasteiger partial charge is 0.399 e. The van der Waals surface area contributed by atoms with Crippen molar-refractivity contribution in [3.8, 4) is 11.4 Å². The third-order valence-corrected chi connectivity index (χ3v) is 3.44. The van der Waals surface area contributed by atoms with E-state index < -0.39 is 17.8 Å². The number of rotatable bonds is 6. The number of ether oxygens (including phenoxy) is 2. The van der Waals surface area contributed by atoms with Crippen LogP contribution in [0.5, 0.6) is 0 Å². The number of nitrogens with zero attached hydrogens (tertiary/aromatic N) is 5. The summed E-state index contributed by atoms with van der Waals surface area (Å²) in [6, 6.07) is 6.71. The van der Waals surface area contributed by atoms with Crippen molar-refractivity contribution in [3.05, 3.63) is 56.8 Å². The van der Waals surface area contributed by atoms with Gasteiger partial charge in [0.15, 0.2) is 6.29 Å². The summed E-state index contributed by atoms with van der Waals surface area (Å²) in [5.74, 6) is -0.717. The first-order valence-corrected chi connectivity index (χ1v) is 7.12. The third-order valence-electron chi connectivity index (χ3n) is 3.44. The molecule has 0 atom stereocenters. The van der Waals surface area contributed by atoms with Crippen LogP contribution in [0.3, 0.4) is 0 Å². The summed E-state index contributed by atoms with van der Waals surface area (Å²) in [6.07, 6.45) is 0.340. The first kappa shape index (κ1) is 18.1. The lowest BCUT2D eigenvalue weighted by Crippen LogP contribution is -2.33. The van der Waals surface area contributed by atoms with Crippen LogP contribution in [-0.2, 0) is 16.0 Å². The number of carbonyl (C=O) groups excluding carboxylic acids is 1. The van der Waals surface area contributed by atoms with Gasteiger partial charge < -0.3 is 15.2 Å². The quantitative estimate of drug-likeness (QED) is 0.277. The Bertz CT molecular complexity index is 867. The average Bonchev–Trinajstić information content (AvgIpc) is 2.61. The molecule has 2 aromatic rings. The molecule has 0 radical (unpaired) electrons. The van der Waals surface area contributed by atoms with Crippen molar-refractivity contribution >= 4 is 11.6 Å². The lowest BCUT2D eigenvalue weighted by molar-refractivity contribution is -0.111. The van der Waals surface area contributed by atoms with Crippen LogP contribution in [0.25, 0.3) is 21.8 Å². The Labute approximate surface area is 142 Å². The molecule has 0 aliphatic rings. The zero-order valence-electron chi connectivity index (χ0n) is 13.6. The van der Waals surface area contributed by atoms with Crippen molar-refractivity contribution < 1.29 is 14.3 Å². The highest BCUT2D eigenvalue weighted by atomic mass is 16.7. The van der Waals surface area contributed by atoms with Crippen LogP contribution in [0, 0.1) is 0 Å². The molecule has 1 aromatic heterocycles. The standard InChI is InChI=1S/C15H16N6O4/c1-24-12(25-2)8-21-13(9-3-5-10(16)6-4-9)18-7-11(15(21)23)14(22)19-20-17/h3-7,12H,8,16H2,1-2H3. The predicted molar refractivity (Wildman–Crippen MR) is 89.6 cm³/mol. The summed E-state index contributed by atoms with van der Waals surface area (Å²) in [5, 5.41) is 2.94.